The van der Waals surface area contributed by atoms with Crippen LogP contribution in [0.5, 0.6) is 0 Å². The predicted octanol–water partition coefficient (Wildman–Crippen LogP) is 3.77. The van der Waals surface area contributed by atoms with E-state index in [1.54, 1.807) is 0 Å². The molecule has 2 heterocycles. The van der Waals surface area contributed by atoms with Crippen molar-refractivity contribution in [3.8, 4) is 11.3 Å². The largest absolute Gasteiger partial charge is 0.453 e. The minimum absolute atomic E-state index is 0.00194. The Morgan fingerprint density at radius 1 is 1.10 bits per heavy atom. The summed E-state index contributed by atoms with van der Waals surface area (Å²) in [5, 5.41) is 3.14. The van der Waals surface area contributed by atoms with Gasteiger partial charge >= 0.3 is 6.18 Å². The van der Waals surface area contributed by atoms with Crippen molar-refractivity contribution in [2.75, 3.05) is 0 Å². The first kappa shape index (κ1) is 13.8. The molecule has 0 saturated carbocycles. The zero-order valence-corrected chi connectivity index (χ0v) is 11.4. The minimum Gasteiger partial charge on any atom is -0.218 e. The highest BCUT2D eigenvalue weighted by molar-refractivity contribution is 6.28. The highest BCUT2D eigenvalue weighted by Crippen LogP contribution is 2.28. The molecule has 0 spiro atoms. The summed E-state index contributed by atoms with van der Waals surface area (Å²) in [6, 6.07) is 8.79. The van der Waals surface area contributed by atoms with E-state index in [9.17, 15) is 13.2 Å². The van der Waals surface area contributed by atoms with Gasteiger partial charge in [0.15, 0.2) is 5.65 Å². The van der Waals surface area contributed by atoms with E-state index >= 15 is 0 Å². The average Bonchev–Trinajstić information content (AvgIpc) is 2.84. The number of halogens is 4. The molecule has 1 aromatic carbocycles. The van der Waals surface area contributed by atoms with Crippen LogP contribution in [0.25, 0.3) is 16.9 Å². The fraction of sp³-hybridized carbons (Fsp3) is 0.154. The lowest BCUT2D eigenvalue weighted by molar-refractivity contribution is -0.144. The molecule has 0 bridgehead atoms. The number of hydrogen-bond donors (Lipinski definition) is 0. The topological polar surface area (TPSA) is 43.1 Å². The monoisotopic (exact) mass is 312 g/mol. The third-order valence-corrected chi connectivity index (χ3v) is 3.13. The standard InChI is InChI=1S/C13H8ClF3N4/c1-7-2-4-8(5-3-7)9-6-10-19-11(13(15,16)17)20-21(10)12(14)18-9/h2-6H,1H3. The molecule has 0 aliphatic rings. The fourth-order valence-electron chi connectivity index (χ4n) is 1.85. The second-order valence-electron chi connectivity index (χ2n) is 4.48. The van der Waals surface area contributed by atoms with Crippen molar-refractivity contribution in [2.24, 2.45) is 0 Å². The van der Waals surface area contributed by atoms with Crippen LogP contribution < -0.4 is 0 Å². The van der Waals surface area contributed by atoms with Gasteiger partial charge in [-0.3, -0.25) is 0 Å². The van der Waals surface area contributed by atoms with Crippen molar-refractivity contribution in [1.82, 2.24) is 19.6 Å². The molecule has 2 aromatic heterocycles. The van der Waals surface area contributed by atoms with E-state index in [2.05, 4.69) is 15.1 Å². The van der Waals surface area contributed by atoms with Crippen LogP contribution in [0, 0.1) is 6.92 Å². The Hall–Kier alpha value is -2.15. The molecule has 0 saturated heterocycles. The van der Waals surface area contributed by atoms with Crippen molar-refractivity contribution in [2.45, 2.75) is 13.1 Å². The van der Waals surface area contributed by atoms with Crippen molar-refractivity contribution in [3.05, 3.63) is 47.0 Å². The lowest BCUT2D eigenvalue weighted by Gasteiger charge is -2.03. The van der Waals surface area contributed by atoms with Gasteiger partial charge in [-0.05, 0) is 18.5 Å². The van der Waals surface area contributed by atoms with Crippen LogP contribution in [0.3, 0.4) is 0 Å². The van der Waals surface area contributed by atoms with Gasteiger partial charge in [0, 0.05) is 11.6 Å². The number of aromatic nitrogens is 4. The molecule has 0 radical (unpaired) electrons. The molecule has 108 valence electrons. The minimum atomic E-state index is -4.63. The zero-order valence-electron chi connectivity index (χ0n) is 10.7. The fourth-order valence-corrected chi connectivity index (χ4v) is 2.06. The summed E-state index contributed by atoms with van der Waals surface area (Å²) in [5.74, 6) is -1.24. The molecule has 0 atom stereocenters. The van der Waals surface area contributed by atoms with E-state index in [0.29, 0.717) is 5.69 Å². The number of aryl methyl sites for hydroxylation is 1. The molecule has 0 aliphatic carbocycles. The van der Waals surface area contributed by atoms with E-state index < -0.39 is 12.0 Å². The Labute approximate surface area is 122 Å². The summed E-state index contributed by atoms with van der Waals surface area (Å²) in [5.41, 5.74) is 2.24. The Bertz CT molecular complexity index is 809. The summed E-state index contributed by atoms with van der Waals surface area (Å²) >= 11 is 5.89. The quantitative estimate of drug-likeness (QED) is 0.642. The van der Waals surface area contributed by atoms with Gasteiger partial charge in [0.1, 0.15) is 0 Å². The number of fused-ring (bicyclic) bond motifs is 1. The normalized spacial score (nSPS) is 12.0. The van der Waals surface area contributed by atoms with Crippen LogP contribution in [-0.4, -0.2) is 19.6 Å². The molecular weight excluding hydrogens is 305 g/mol. The maximum absolute atomic E-state index is 12.6. The van der Waals surface area contributed by atoms with Crippen LogP contribution >= 0.6 is 11.6 Å². The molecule has 4 nitrogen and oxygen atoms in total. The van der Waals surface area contributed by atoms with Crippen molar-refractivity contribution >= 4 is 17.2 Å². The van der Waals surface area contributed by atoms with Crippen LogP contribution in [0.4, 0.5) is 13.2 Å². The van der Waals surface area contributed by atoms with Gasteiger partial charge in [-0.15, -0.1) is 5.10 Å². The number of hydrogen-bond acceptors (Lipinski definition) is 3. The first-order valence-corrected chi connectivity index (χ1v) is 6.30. The van der Waals surface area contributed by atoms with E-state index in [-0.39, 0.29) is 10.9 Å². The lowest BCUT2D eigenvalue weighted by Crippen LogP contribution is -2.07. The van der Waals surface area contributed by atoms with E-state index in [1.807, 2.05) is 31.2 Å². The summed E-state index contributed by atoms with van der Waals surface area (Å²) in [7, 11) is 0. The molecule has 0 N–H and O–H groups in total. The highest BCUT2D eigenvalue weighted by Gasteiger charge is 2.36. The van der Waals surface area contributed by atoms with Gasteiger partial charge in [0.2, 0.25) is 5.28 Å². The molecule has 0 aliphatic heterocycles. The maximum atomic E-state index is 12.6. The SMILES string of the molecule is Cc1ccc(-c2cc3nc(C(F)(F)F)nn3c(Cl)n2)cc1. The third-order valence-electron chi connectivity index (χ3n) is 2.89. The van der Waals surface area contributed by atoms with Crippen molar-refractivity contribution in [3.63, 3.8) is 0 Å². The molecule has 3 aromatic rings. The summed E-state index contributed by atoms with van der Waals surface area (Å²) < 4.78 is 38.7. The molecular formula is C13H8ClF3N4. The first-order valence-electron chi connectivity index (χ1n) is 5.92. The molecule has 3 rings (SSSR count). The van der Waals surface area contributed by atoms with Gasteiger partial charge in [0.25, 0.3) is 5.82 Å². The van der Waals surface area contributed by atoms with Gasteiger partial charge in [-0.25, -0.2) is 9.97 Å². The average molecular weight is 313 g/mol. The second kappa shape index (κ2) is 4.70. The number of rotatable bonds is 1. The Morgan fingerprint density at radius 2 is 1.76 bits per heavy atom. The van der Waals surface area contributed by atoms with Crippen LogP contribution in [-0.2, 0) is 6.18 Å². The molecule has 21 heavy (non-hydrogen) atoms. The summed E-state index contributed by atoms with van der Waals surface area (Å²) in [4.78, 5) is 7.51. The van der Waals surface area contributed by atoms with E-state index in [4.69, 9.17) is 11.6 Å². The molecule has 0 fully saturated rings. The van der Waals surface area contributed by atoms with Gasteiger partial charge in [-0.1, -0.05) is 29.8 Å². The van der Waals surface area contributed by atoms with Crippen molar-refractivity contribution < 1.29 is 13.2 Å². The lowest BCUT2D eigenvalue weighted by atomic mass is 10.1. The van der Waals surface area contributed by atoms with Crippen LogP contribution in [0.15, 0.2) is 30.3 Å². The van der Waals surface area contributed by atoms with Gasteiger partial charge in [0.05, 0.1) is 5.69 Å². The Kier molecular flexibility index (Phi) is 3.09. The summed E-state index contributed by atoms with van der Waals surface area (Å²) in [6.07, 6.45) is -4.63. The first-order chi connectivity index (χ1) is 9.84. The molecule has 0 amide bonds. The zero-order chi connectivity index (χ0) is 15.2. The van der Waals surface area contributed by atoms with Crippen LogP contribution in [0.2, 0.25) is 5.28 Å². The Morgan fingerprint density at radius 3 is 2.38 bits per heavy atom. The maximum Gasteiger partial charge on any atom is 0.453 e. The number of nitrogens with zero attached hydrogens (tertiary/aromatic N) is 4. The third kappa shape index (κ3) is 2.56. The number of benzene rings is 1. The number of alkyl halides is 3. The smallest absolute Gasteiger partial charge is 0.218 e. The predicted molar refractivity (Wildman–Crippen MR) is 71.0 cm³/mol. The summed E-state index contributed by atoms with van der Waals surface area (Å²) in [6.45, 7) is 1.93. The second-order valence-corrected chi connectivity index (χ2v) is 4.82. The van der Waals surface area contributed by atoms with Crippen LogP contribution in [0.1, 0.15) is 11.4 Å². The van der Waals surface area contributed by atoms with Gasteiger partial charge in [-0.2, -0.15) is 17.7 Å². The van der Waals surface area contributed by atoms with E-state index in [1.165, 1.54) is 6.07 Å². The van der Waals surface area contributed by atoms with E-state index in [0.717, 1.165) is 15.6 Å². The Balaban J connectivity index is 2.16. The molecule has 0 unspecified atom stereocenters. The highest BCUT2D eigenvalue weighted by atomic mass is 35.5. The van der Waals surface area contributed by atoms with Crippen molar-refractivity contribution in [1.29, 1.82) is 0 Å². The van der Waals surface area contributed by atoms with Gasteiger partial charge < -0.3 is 0 Å². The molecule has 8 heteroatoms.